The fourth-order valence-corrected chi connectivity index (χ4v) is 5.51. The highest BCUT2D eigenvalue weighted by molar-refractivity contribution is 5.91. The predicted octanol–water partition coefficient (Wildman–Crippen LogP) is 7.51. The number of benzene rings is 2. The van der Waals surface area contributed by atoms with Crippen molar-refractivity contribution in [2.75, 3.05) is 0 Å². The van der Waals surface area contributed by atoms with Gasteiger partial charge in [0.05, 0.1) is 5.56 Å². The first-order valence-corrected chi connectivity index (χ1v) is 11.5. The lowest BCUT2D eigenvalue weighted by Gasteiger charge is -2.41. The van der Waals surface area contributed by atoms with Gasteiger partial charge in [-0.15, -0.1) is 0 Å². The molecule has 5 heteroatoms. The summed E-state index contributed by atoms with van der Waals surface area (Å²) in [5.74, 6) is -2.00. The third-order valence-corrected chi connectivity index (χ3v) is 7.24. The topological polar surface area (TPSA) is 26.3 Å². The van der Waals surface area contributed by atoms with E-state index in [2.05, 4.69) is 19.1 Å². The van der Waals surface area contributed by atoms with Gasteiger partial charge in [-0.3, -0.25) is 0 Å². The molecule has 2 aromatic rings. The molecule has 2 aliphatic rings. The van der Waals surface area contributed by atoms with E-state index < -0.39 is 29.2 Å². The minimum absolute atomic E-state index is 0.0211. The van der Waals surface area contributed by atoms with Crippen LogP contribution in [0.15, 0.2) is 42.5 Å². The maximum absolute atomic E-state index is 15.0. The van der Waals surface area contributed by atoms with Crippen molar-refractivity contribution in [3.05, 3.63) is 76.6 Å². The Balaban J connectivity index is 1.44. The summed E-state index contributed by atoms with van der Waals surface area (Å²) in [6.45, 7) is 3.49. The van der Waals surface area contributed by atoms with E-state index in [0.717, 1.165) is 25.3 Å². The van der Waals surface area contributed by atoms with E-state index in [1.807, 2.05) is 0 Å². The number of halogens is 3. The van der Waals surface area contributed by atoms with E-state index in [1.165, 1.54) is 44.4 Å². The molecule has 4 unspecified atom stereocenters. The van der Waals surface area contributed by atoms with Crippen molar-refractivity contribution in [3.63, 3.8) is 0 Å². The maximum atomic E-state index is 15.0. The number of aryl methyl sites for hydroxylation is 1. The Labute approximate surface area is 187 Å². The van der Waals surface area contributed by atoms with Gasteiger partial charge in [-0.2, -0.15) is 4.39 Å². The van der Waals surface area contributed by atoms with E-state index in [-0.39, 0.29) is 17.0 Å². The standard InChI is InChI=1S/C27H29F3O2/c1-3-4-17-6-7-19-14-20(9-8-18(19)13-17)22-11-10-21(15-23(22)28)27(31)32-24-12-5-16(2)25(29)26(24)30/h3-5,10-12,15,17-20H,6-9,13-14H2,1-2H3/b4-3+. The summed E-state index contributed by atoms with van der Waals surface area (Å²) in [6, 6.07) is 6.83. The molecule has 0 heterocycles. The van der Waals surface area contributed by atoms with Crippen LogP contribution < -0.4 is 4.74 Å². The minimum Gasteiger partial charge on any atom is -0.420 e. The number of ether oxygens (including phenoxy) is 1. The zero-order valence-corrected chi connectivity index (χ0v) is 18.5. The Hall–Kier alpha value is -2.56. The second-order valence-corrected chi connectivity index (χ2v) is 9.26. The number of allylic oxidation sites excluding steroid dienone is 2. The lowest BCUT2D eigenvalue weighted by Crippen LogP contribution is -2.30. The molecular formula is C27H29F3O2. The Morgan fingerprint density at radius 1 is 0.969 bits per heavy atom. The van der Waals surface area contributed by atoms with E-state index in [9.17, 15) is 18.0 Å². The summed E-state index contributed by atoms with van der Waals surface area (Å²) in [4.78, 5) is 12.4. The van der Waals surface area contributed by atoms with Crippen LogP contribution in [0.5, 0.6) is 5.75 Å². The van der Waals surface area contributed by atoms with Crippen LogP contribution in [0.2, 0.25) is 0 Å². The molecule has 0 spiro atoms. The normalized spacial score (nSPS) is 25.5. The fraction of sp³-hybridized carbons (Fsp3) is 0.444. The molecule has 2 aliphatic carbocycles. The highest BCUT2D eigenvalue weighted by atomic mass is 19.2. The molecule has 2 nitrogen and oxygen atoms in total. The van der Waals surface area contributed by atoms with Crippen molar-refractivity contribution in [2.24, 2.45) is 17.8 Å². The van der Waals surface area contributed by atoms with Gasteiger partial charge in [-0.1, -0.05) is 24.3 Å². The summed E-state index contributed by atoms with van der Waals surface area (Å²) < 4.78 is 47.7. The molecule has 0 saturated heterocycles. The number of hydrogen-bond acceptors (Lipinski definition) is 2. The van der Waals surface area contributed by atoms with Gasteiger partial charge in [0, 0.05) is 0 Å². The monoisotopic (exact) mass is 442 g/mol. The van der Waals surface area contributed by atoms with Crippen molar-refractivity contribution >= 4 is 5.97 Å². The van der Waals surface area contributed by atoms with Crippen molar-refractivity contribution < 1.29 is 22.7 Å². The van der Waals surface area contributed by atoms with Gasteiger partial charge in [0.25, 0.3) is 0 Å². The smallest absolute Gasteiger partial charge is 0.343 e. The molecule has 4 atom stereocenters. The average Bonchev–Trinajstić information content (AvgIpc) is 2.79. The van der Waals surface area contributed by atoms with Crippen LogP contribution in [0.25, 0.3) is 0 Å². The summed E-state index contributed by atoms with van der Waals surface area (Å²) >= 11 is 0. The summed E-state index contributed by atoms with van der Waals surface area (Å²) in [7, 11) is 0. The zero-order valence-electron chi connectivity index (χ0n) is 18.5. The molecule has 0 aliphatic heterocycles. The number of carbonyl (C=O) groups excluding carboxylic acids is 1. The van der Waals surface area contributed by atoms with Gasteiger partial charge >= 0.3 is 5.97 Å². The predicted molar refractivity (Wildman–Crippen MR) is 118 cm³/mol. The average molecular weight is 443 g/mol. The summed E-state index contributed by atoms with van der Waals surface area (Å²) in [5, 5.41) is 0. The first-order chi connectivity index (χ1) is 15.4. The molecule has 0 N–H and O–H groups in total. The number of rotatable bonds is 4. The van der Waals surface area contributed by atoms with Crippen LogP contribution >= 0.6 is 0 Å². The molecule has 4 rings (SSSR count). The van der Waals surface area contributed by atoms with Crippen LogP contribution in [-0.2, 0) is 0 Å². The first kappa shape index (κ1) is 22.6. The molecule has 170 valence electrons. The Kier molecular flexibility index (Phi) is 6.73. The lowest BCUT2D eigenvalue weighted by atomic mass is 9.64. The molecule has 2 aromatic carbocycles. The van der Waals surface area contributed by atoms with Gasteiger partial charge < -0.3 is 4.74 Å². The highest BCUT2D eigenvalue weighted by Crippen LogP contribution is 2.48. The van der Waals surface area contributed by atoms with Crippen molar-refractivity contribution in [1.29, 1.82) is 0 Å². The van der Waals surface area contributed by atoms with E-state index in [1.54, 1.807) is 6.07 Å². The number of esters is 1. The maximum Gasteiger partial charge on any atom is 0.343 e. The molecule has 32 heavy (non-hydrogen) atoms. The minimum atomic E-state index is -1.23. The first-order valence-electron chi connectivity index (χ1n) is 11.5. The van der Waals surface area contributed by atoms with Crippen LogP contribution in [0.3, 0.4) is 0 Å². The van der Waals surface area contributed by atoms with Gasteiger partial charge in [0.1, 0.15) is 5.82 Å². The SMILES string of the molecule is C/C=C/C1CCC2CC(c3ccc(C(=O)Oc4ccc(C)c(F)c4F)cc3F)CCC2C1. The molecule has 0 amide bonds. The molecule has 0 aromatic heterocycles. The lowest BCUT2D eigenvalue weighted by molar-refractivity contribution is 0.0726. The highest BCUT2D eigenvalue weighted by Gasteiger charge is 2.36. The van der Waals surface area contributed by atoms with E-state index in [0.29, 0.717) is 23.3 Å². The molecule has 0 bridgehead atoms. The Morgan fingerprint density at radius 2 is 1.72 bits per heavy atom. The molecular weight excluding hydrogens is 413 g/mol. The van der Waals surface area contributed by atoms with Crippen molar-refractivity contribution in [1.82, 2.24) is 0 Å². The van der Waals surface area contributed by atoms with E-state index >= 15 is 0 Å². The summed E-state index contributed by atoms with van der Waals surface area (Å²) in [6.07, 6.45) is 11.1. The number of hydrogen-bond donors (Lipinski definition) is 0. The fourth-order valence-electron chi connectivity index (χ4n) is 5.51. The Morgan fingerprint density at radius 3 is 2.47 bits per heavy atom. The van der Waals surface area contributed by atoms with Gasteiger partial charge in [0.15, 0.2) is 11.6 Å². The second kappa shape index (κ2) is 9.51. The number of fused-ring (bicyclic) bond motifs is 1. The van der Waals surface area contributed by atoms with Gasteiger partial charge in [-0.25, -0.2) is 13.6 Å². The van der Waals surface area contributed by atoms with Crippen molar-refractivity contribution in [3.8, 4) is 5.75 Å². The second-order valence-electron chi connectivity index (χ2n) is 9.26. The van der Waals surface area contributed by atoms with E-state index in [4.69, 9.17) is 4.74 Å². The quantitative estimate of drug-likeness (QED) is 0.278. The third kappa shape index (κ3) is 4.62. The van der Waals surface area contributed by atoms with Crippen molar-refractivity contribution in [2.45, 2.75) is 58.3 Å². The molecule has 2 saturated carbocycles. The number of carbonyl (C=O) groups is 1. The zero-order chi connectivity index (χ0) is 22.8. The summed E-state index contributed by atoms with van der Waals surface area (Å²) in [5.41, 5.74) is 0.720. The largest absolute Gasteiger partial charge is 0.420 e. The third-order valence-electron chi connectivity index (χ3n) is 7.24. The van der Waals surface area contributed by atoms with Gasteiger partial charge in [-0.05, 0) is 105 Å². The molecule has 0 radical (unpaired) electrons. The van der Waals surface area contributed by atoms with Crippen LogP contribution in [0.4, 0.5) is 13.2 Å². The van der Waals surface area contributed by atoms with Gasteiger partial charge in [0.2, 0.25) is 5.82 Å². The Bertz CT molecular complexity index is 1030. The van der Waals surface area contributed by atoms with Crippen LogP contribution in [0.1, 0.15) is 72.9 Å². The van der Waals surface area contributed by atoms with Crippen LogP contribution in [0, 0.1) is 42.1 Å². The van der Waals surface area contributed by atoms with Crippen LogP contribution in [-0.4, -0.2) is 5.97 Å². The molecule has 2 fully saturated rings.